The van der Waals surface area contributed by atoms with Gasteiger partial charge in [0.15, 0.2) is 17.3 Å². The first kappa shape index (κ1) is 15.4. The number of nitrogens with one attached hydrogen (secondary N) is 1. The van der Waals surface area contributed by atoms with Crippen LogP contribution in [0.5, 0.6) is 11.5 Å². The fraction of sp³-hybridized carbons (Fsp3) is 0.357. The summed E-state index contributed by atoms with van der Waals surface area (Å²) in [5.41, 5.74) is 0.575. The second-order valence-electron chi connectivity index (χ2n) is 4.20. The van der Waals surface area contributed by atoms with E-state index in [1.54, 1.807) is 32.4 Å². The number of methoxy groups -OCH3 is 2. The lowest BCUT2D eigenvalue weighted by Gasteiger charge is -2.08. The van der Waals surface area contributed by atoms with E-state index in [0.717, 1.165) is 12.2 Å². The molecule has 0 aliphatic heterocycles. The summed E-state index contributed by atoms with van der Waals surface area (Å²) in [5, 5.41) is 7.45. The van der Waals surface area contributed by atoms with Gasteiger partial charge in [0.05, 0.1) is 20.0 Å². The highest BCUT2D eigenvalue weighted by molar-refractivity contribution is 7.99. The molecule has 0 fully saturated rings. The summed E-state index contributed by atoms with van der Waals surface area (Å²) >= 11 is 1.31. The predicted octanol–water partition coefficient (Wildman–Crippen LogP) is 2.36. The van der Waals surface area contributed by atoms with Crippen molar-refractivity contribution in [3.8, 4) is 11.5 Å². The molecule has 112 valence electrons. The van der Waals surface area contributed by atoms with Crippen LogP contribution in [0.25, 0.3) is 0 Å². The average molecular weight is 307 g/mol. The molecule has 2 aromatic rings. The summed E-state index contributed by atoms with van der Waals surface area (Å²) in [4.78, 5) is 16.4. The lowest BCUT2D eigenvalue weighted by molar-refractivity contribution is 0.102. The largest absolute Gasteiger partial charge is 0.493 e. The quantitative estimate of drug-likeness (QED) is 0.625. The van der Waals surface area contributed by atoms with Crippen molar-refractivity contribution in [1.29, 1.82) is 0 Å². The molecule has 1 N–H and O–H groups in total. The van der Waals surface area contributed by atoms with Crippen LogP contribution in [0, 0.1) is 0 Å². The number of aryl methyl sites for hydroxylation is 1. The van der Waals surface area contributed by atoms with E-state index in [4.69, 9.17) is 9.47 Å². The molecule has 0 amide bonds. The molecule has 0 saturated carbocycles. The molecule has 1 aromatic carbocycles. The summed E-state index contributed by atoms with van der Waals surface area (Å²) in [7, 11) is 3.10. The monoisotopic (exact) mass is 307 g/mol. The van der Waals surface area contributed by atoms with Crippen LogP contribution in [0.2, 0.25) is 0 Å². The Bertz CT molecular complexity index is 628. The maximum absolute atomic E-state index is 12.2. The van der Waals surface area contributed by atoms with E-state index in [0.29, 0.717) is 22.2 Å². The number of aromatic amines is 1. The molecule has 0 unspecified atom stereocenters. The number of nitrogens with zero attached hydrogens (tertiary/aromatic N) is 2. The van der Waals surface area contributed by atoms with Gasteiger partial charge in [-0.25, -0.2) is 4.98 Å². The number of ketones is 1. The Kier molecular flexibility index (Phi) is 5.21. The Morgan fingerprint density at radius 1 is 1.29 bits per heavy atom. The van der Waals surface area contributed by atoms with Crippen LogP contribution >= 0.6 is 11.8 Å². The molecule has 1 aromatic heterocycles. The first-order valence-corrected chi connectivity index (χ1v) is 7.45. The number of H-pyrrole nitrogens is 1. The molecule has 21 heavy (non-hydrogen) atoms. The van der Waals surface area contributed by atoms with Gasteiger partial charge in [-0.05, 0) is 18.2 Å². The minimum Gasteiger partial charge on any atom is -0.493 e. The third kappa shape index (κ3) is 3.75. The third-order valence-electron chi connectivity index (χ3n) is 2.88. The number of hydrogen-bond donors (Lipinski definition) is 1. The van der Waals surface area contributed by atoms with Crippen LogP contribution < -0.4 is 9.47 Å². The maximum Gasteiger partial charge on any atom is 0.208 e. The van der Waals surface area contributed by atoms with Crippen LogP contribution in [-0.4, -0.2) is 40.9 Å². The maximum atomic E-state index is 12.2. The topological polar surface area (TPSA) is 77.1 Å². The van der Waals surface area contributed by atoms with Gasteiger partial charge in [-0.15, -0.1) is 5.10 Å². The summed E-state index contributed by atoms with van der Waals surface area (Å²) in [6, 6.07) is 5.12. The van der Waals surface area contributed by atoms with Crippen LogP contribution in [0.4, 0.5) is 0 Å². The molecule has 0 spiro atoms. The second-order valence-corrected chi connectivity index (χ2v) is 5.14. The van der Waals surface area contributed by atoms with Crippen LogP contribution in [-0.2, 0) is 6.42 Å². The Labute approximate surface area is 127 Å². The average Bonchev–Trinajstić information content (AvgIpc) is 2.99. The van der Waals surface area contributed by atoms with E-state index in [1.165, 1.54) is 11.8 Å². The van der Waals surface area contributed by atoms with Gasteiger partial charge in [-0.2, -0.15) is 0 Å². The number of ether oxygens (including phenoxy) is 2. The standard InChI is InChI=1S/C14H17N3O3S/c1-4-13-15-14(17-16-13)21-8-10(18)9-5-6-11(19-2)12(7-9)20-3/h5-7H,4,8H2,1-3H3,(H,15,16,17). The van der Waals surface area contributed by atoms with E-state index in [9.17, 15) is 4.79 Å². The molecule has 0 atom stereocenters. The van der Waals surface area contributed by atoms with Crippen molar-refractivity contribution in [3.05, 3.63) is 29.6 Å². The summed E-state index contributed by atoms with van der Waals surface area (Å²) < 4.78 is 10.3. The van der Waals surface area contributed by atoms with Gasteiger partial charge in [-0.3, -0.25) is 9.89 Å². The molecular weight excluding hydrogens is 290 g/mol. The van der Waals surface area contributed by atoms with E-state index in [1.807, 2.05) is 6.92 Å². The number of Topliss-reactive ketones (excluding diaryl/α,β-unsaturated/α-hetero) is 1. The zero-order valence-corrected chi connectivity index (χ0v) is 13.0. The molecule has 0 bridgehead atoms. The molecule has 6 nitrogen and oxygen atoms in total. The van der Waals surface area contributed by atoms with Crippen molar-refractivity contribution in [2.75, 3.05) is 20.0 Å². The summed E-state index contributed by atoms with van der Waals surface area (Å²) in [5.74, 6) is 2.22. The van der Waals surface area contributed by atoms with E-state index >= 15 is 0 Å². The smallest absolute Gasteiger partial charge is 0.208 e. The second kappa shape index (κ2) is 7.12. The van der Waals surface area contributed by atoms with Crippen molar-refractivity contribution in [1.82, 2.24) is 15.2 Å². The zero-order chi connectivity index (χ0) is 15.2. The van der Waals surface area contributed by atoms with Crippen LogP contribution in [0.15, 0.2) is 23.4 Å². The van der Waals surface area contributed by atoms with Crippen molar-refractivity contribution < 1.29 is 14.3 Å². The molecule has 0 aliphatic carbocycles. The summed E-state index contributed by atoms with van der Waals surface area (Å²) in [6.45, 7) is 1.99. The fourth-order valence-electron chi connectivity index (χ4n) is 1.72. The number of aromatic nitrogens is 3. The number of carbonyl (C=O) groups is 1. The lowest BCUT2D eigenvalue weighted by Crippen LogP contribution is -2.03. The highest BCUT2D eigenvalue weighted by atomic mass is 32.2. The van der Waals surface area contributed by atoms with Crippen molar-refractivity contribution in [2.45, 2.75) is 18.5 Å². The SMILES string of the molecule is CCc1nc(SCC(=O)c2ccc(OC)c(OC)c2)n[nH]1. The van der Waals surface area contributed by atoms with E-state index < -0.39 is 0 Å². The molecule has 0 aliphatic rings. The highest BCUT2D eigenvalue weighted by Crippen LogP contribution is 2.28. The molecular formula is C14H17N3O3S. The Morgan fingerprint density at radius 3 is 2.67 bits per heavy atom. The van der Waals surface area contributed by atoms with Crippen LogP contribution in [0.1, 0.15) is 23.1 Å². The van der Waals surface area contributed by atoms with E-state index in [-0.39, 0.29) is 11.5 Å². The summed E-state index contributed by atoms with van der Waals surface area (Å²) in [6.07, 6.45) is 0.789. The minimum absolute atomic E-state index is 0.0104. The van der Waals surface area contributed by atoms with Crippen molar-refractivity contribution >= 4 is 17.5 Å². The molecule has 2 rings (SSSR count). The Hall–Kier alpha value is -2.02. The fourth-order valence-corrected chi connectivity index (χ4v) is 2.44. The normalized spacial score (nSPS) is 10.4. The highest BCUT2D eigenvalue weighted by Gasteiger charge is 2.12. The van der Waals surface area contributed by atoms with Gasteiger partial charge >= 0.3 is 0 Å². The lowest BCUT2D eigenvalue weighted by atomic mass is 10.1. The molecule has 0 radical (unpaired) electrons. The minimum atomic E-state index is -0.0104. The number of rotatable bonds is 7. The number of benzene rings is 1. The molecule has 0 saturated heterocycles. The first-order valence-electron chi connectivity index (χ1n) is 6.47. The Balaban J connectivity index is 2.02. The van der Waals surface area contributed by atoms with Gasteiger partial charge < -0.3 is 9.47 Å². The van der Waals surface area contributed by atoms with Crippen molar-refractivity contribution in [3.63, 3.8) is 0 Å². The number of hydrogen-bond acceptors (Lipinski definition) is 6. The predicted molar refractivity (Wildman–Crippen MR) is 80.4 cm³/mol. The van der Waals surface area contributed by atoms with Crippen molar-refractivity contribution in [2.24, 2.45) is 0 Å². The first-order chi connectivity index (χ1) is 10.2. The van der Waals surface area contributed by atoms with Gasteiger partial charge in [-0.1, -0.05) is 18.7 Å². The van der Waals surface area contributed by atoms with Gasteiger partial charge in [0.25, 0.3) is 0 Å². The number of thioether (sulfide) groups is 1. The zero-order valence-electron chi connectivity index (χ0n) is 12.2. The van der Waals surface area contributed by atoms with Gasteiger partial charge in [0.1, 0.15) is 5.82 Å². The van der Waals surface area contributed by atoms with Gasteiger partial charge in [0, 0.05) is 12.0 Å². The molecule has 1 heterocycles. The van der Waals surface area contributed by atoms with Crippen LogP contribution in [0.3, 0.4) is 0 Å². The molecule has 7 heteroatoms. The number of carbonyl (C=O) groups excluding carboxylic acids is 1. The van der Waals surface area contributed by atoms with Gasteiger partial charge in [0.2, 0.25) is 5.16 Å². The third-order valence-corrected chi connectivity index (χ3v) is 3.73. The Morgan fingerprint density at radius 2 is 2.05 bits per heavy atom. The van der Waals surface area contributed by atoms with E-state index in [2.05, 4.69) is 15.2 Å².